The van der Waals surface area contributed by atoms with Crippen LogP contribution in [0.5, 0.6) is 0 Å². The van der Waals surface area contributed by atoms with Crippen molar-refractivity contribution >= 4 is 0 Å². The van der Waals surface area contributed by atoms with Crippen molar-refractivity contribution in [3.05, 3.63) is 65.0 Å². The van der Waals surface area contributed by atoms with Crippen molar-refractivity contribution in [1.82, 2.24) is 4.98 Å². The summed E-state index contributed by atoms with van der Waals surface area (Å²) < 4.78 is 0. The first-order chi connectivity index (χ1) is 7.70. The quantitative estimate of drug-likeness (QED) is 0.832. The third kappa shape index (κ3) is 1.97. The molecule has 2 nitrogen and oxygen atoms in total. The van der Waals surface area contributed by atoms with Crippen molar-refractivity contribution in [2.45, 2.75) is 20.0 Å². The number of aliphatic hydroxyl groups excluding tert-OH is 1. The summed E-state index contributed by atoms with van der Waals surface area (Å²) in [5.74, 6) is 0. The summed E-state index contributed by atoms with van der Waals surface area (Å²) in [6.45, 7) is 3.96. The fourth-order valence-electron chi connectivity index (χ4n) is 1.83. The minimum atomic E-state index is -0.637. The van der Waals surface area contributed by atoms with E-state index in [0.717, 1.165) is 22.4 Å². The summed E-state index contributed by atoms with van der Waals surface area (Å²) in [6, 6.07) is 11.7. The smallest absolute Gasteiger partial charge is 0.121 e. The number of benzene rings is 1. The van der Waals surface area contributed by atoms with Gasteiger partial charge in [-0.15, -0.1) is 0 Å². The van der Waals surface area contributed by atoms with Crippen LogP contribution in [0, 0.1) is 13.8 Å². The van der Waals surface area contributed by atoms with Gasteiger partial charge in [0.15, 0.2) is 0 Å². The number of pyridine rings is 1. The van der Waals surface area contributed by atoms with Crippen LogP contribution in [0.1, 0.15) is 28.5 Å². The highest BCUT2D eigenvalue weighted by molar-refractivity contribution is 5.35. The van der Waals surface area contributed by atoms with E-state index in [2.05, 4.69) is 4.98 Å². The van der Waals surface area contributed by atoms with Gasteiger partial charge in [0.25, 0.3) is 0 Å². The van der Waals surface area contributed by atoms with E-state index in [4.69, 9.17) is 0 Å². The summed E-state index contributed by atoms with van der Waals surface area (Å²) in [7, 11) is 0. The normalized spacial score (nSPS) is 12.4. The third-order valence-corrected chi connectivity index (χ3v) is 2.79. The Labute approximate surface area is 95.6 Å². The molecule has 0 fully saturated rings. The largest absolute Gasteiger partial charge is 0.382 e. The van der Waals surface area contributed by atoms with Gasteiger partial charge in [0, 0.05) is 6.20 Å². The molecule has 0 spiro atoms. The molecule has 0 aliphatic carbocycles. The predicted molar refractivity (Wildman–Crippen MR) is 64.2 cm³/mol. The lowest BCUT2D eigenvalue weighted by Gasteiger charge is -2.14. The van der Waals surface area contributed by atoms with Crippen LogP contribution in [0.25, 0.3) is 0 Å². The van der Waals surface area contributed by atoms with E-state index in [0.29, 0.717) is 0 Å². The van der Waals surface area contributed by atoms with E-state index < -0.39 is 6.10 Å². The lowest BCUT2D eigenvalue weighted by atomic mass is 9.99. The number of aryl methyl sites for hydroxylation is 2. The first kappa shape index (κ1) is 10.8. The maximum atomic E-state index is 10.3. The SMILES string of the molecule is Cc1ccccc1C(O)c1ncccc1C. The molecule has 0 bridgehead atoms. The first-order valence-corrected chi connectivity index (χ1v) is 5.35. The Kier molecular flexibility index (Phi) is 3.02. The van der Waals surface area contributed by atoms with E-state index in [1.54, 1.807) is 6.20 Å². The zero-order valence-electron chi connectivity index (χ0n) is 9.51. The molecule has 0 amide bonds. The van der Waals surface area contributed by atoms with Crippen molar-refractivity contribution in [2.75, 3.05) is 0 Å². The molecule has 1 aromatic heterocycles. The number of hydrogen-bond donors (Lipinski definition) is 1. The van der Waals surface area contributed by atoms with E-state index >= 15 is 0 Å². The standard InChI is InChI=1S/C14H15NO/c1-10-6-3-4-8-12(10)14(16)13-11(2)7-5-9-15-13/h3-9,14,16H,1-2H3. The second-order valence-electron chi connectivity index (χ2n) is 3.96. The summed E-state index contributed by atoms with van der Waals surface area (Å²) in [4.78, 5) is 4.25. The van der Waals surface area contributed by atoms with Crippen LogP contribution >= 0.6 is 0 Å². The summed E-state index contributed by atoms with van der Waals surface area (Å²) in [6.07, 6.45) is 1.08. The molecule has 1 N–H and O–H groups in total. The highest BCUT2D eigenvalue weighted by Crippen LogP contribution is 2.24. The fraction of sp³-hybridized carbons (Fsp3) is 0.214. The Hall–Kier alpha value is -1.67. The first-order valence-electron chi connectivity index (χ1n) is 5.35. The topological polar surface area (TPSA) is 33.1 Å². The molecule has 2 aromatic rings. The number of rotatable bonds is 2. The molecule has 0 saturated carbocycles. The molecule has 2 rings (SSSR count). The Bertz CT molecular complexity index is 448. The van der Waals surface area contributed by atoms with Crippen LogP contribution in [0.15, 0.2) is 42.6 Å². The van der Waals surface area contributed by atoms with Gasteiger partial charge in [-0.05, 0) is 36.6 Å². The summed E-state index contributed by atoms with van der Waals surface area (Å²) in [5.41, 5.74) is 3.75. The molecule has 0 radical (unpaired) electrons. The second-order valence-corrected chi connectivity index (χ2v) is 3.96. The van der Waals surface area contributed by atoms with Gasteiger partial charge in [-0.3, -0.25) is 4.98 Å². The summed E-state index contributed by atoms with van der Waals surface area (Å²) in [5, 5.41) is 10.3. The molecular weight excluding hydrogens is 198 g/mol. The summed E-state index contributed by atoms with van der Waals surface area (Å²) >= 11 is 0. The van der Waals surface area contributed by atoms with Gasteiger partial charge in [0.1, 0.15) is 6.10 Å². The lowest BCUT2D eigenvalue weighted by molar-refractivity contribution is 0.213. The zero-order chi connectivity index (χ0) is 11.5. The predicted octanol–water partition coefficient (Wildman–Crippen LogP) is 2.78. The van der Waals surface area contributed by atoms with Crippen LogP contribution in [-0.2, 0) is 0 Å². The van der Waals surface area contributed by atoms with Gasteiger partial charge in [-0.1, -0.05) is 30.3 Å². The van der Waals surface area contributed by atoms with Crippen molar-refractivity contribution in [3.8, 4) is 0 Å². The van der Waals surface area contributed by atoms with Crippen molar-refractivity contribution in [2.24, 2.45) is 0 Å². The molecule has 0 aliphatic heterocycles. The Morgan fingerprint density at radius 1 is 1.00 bits per heavy atom. The molecular formula is C14H15NO. The average molecular weight is 213 g/mol. The highest BCUT2D eigenvalue weighted by Gasteiger charge is 2.15. The highest BCUT2D eigenvalue weighted by atomic mass is 16.3. The van der Waals surface area contributed by atoms with E-state index in [-0.39, 0.29) is 0 Å². The Morgan fingerprint density at radius 2 is 1.69 bits per heavy atom. The van der Waals surface area contributed by atoms with Gasteiger partial charge in [-0.25, -0.2) is 0 Å². The van der Waals surface area contributed by atoms with Crippen LogP contribution in [0.2, 0.25) is 0 Å². The number of aliphatic hydroxyl groups is 1. The van der Waals surface area contributed by atoms with Crippen molar-refractivity contribution in [1.29, 1.82) is 0 Å². The van der Waals surface area contributed by atoms with E-state index in [9.17, 15) is 5.11 Å². The Morgan fingerprint density at radius 3 is 2.38 bits per heavy atom. The molecule has 2 heteroatoms. The third-order valence-electron chi connectivity index (χ3n) is 2.79. The number of hydrogen-bond acceptors (Lipinski definition) is 2. The minimum absolute atomic E-state index is 0.637. The van der Waals surface area contributed by atoms with Gasteiger partial charge < -0.3 is 5.11 Å². The molecule has 1 heterocycles. The van der Waals surface area contributed by atoms with Crippen LogP contribution in [0.3, 0.4) is 0 Å². The number of nitrogens with zero attached hydrogens (tertiary/aromatic N) is 1. The molecule has 16 heavy (non-hydrogen) atoms. The molecule has 1 aromatic carbocycles. The van der Waals surface area contributed by atoms with Gasteiger partial charge in [0.05, 0.1) is 5.69 Å². The van der Waals surface area contributed by atoms with Crippen LogP contribution < -0.4 is 0 Å². The monoisotopic (exact) mass is 213 g/mol. The molecule has 1 unspecified atom stereocenters. The number of aromatic nitrogens is 1. The second kappa shape index (κ2) is 4.45. The molecule has 82 valence electrons. The maximum Gasteiger partial charge on any atom is 0.121 e. The van der Waals surface area contributed by atoms with Crippen LogP contribution in [-0.4, -0.2) is 10.1 Å². The van der Waals surface area contributed by atoms with Crippen molar-refractivity contribution in [3.63, 3.8) is 0 Å². The van der Waals surface area contributed by atoms with Gasteiger partial charge >= 0.3 is 0 Å². The minimum Gasteiger partial charge on any atom is -0.382 e. The zero-order valence-corrected chi connectivity index (χ0v) is 9.51. The lowest BCUT2D eigenvalue weighted by Crippen LogP contribution is -2.05. The van der Waals surface area contributed by atoms with Crippen molar-refractivity contribution < 1.29 is 5.11 Å². The van der Waals surface area contributed by atoms with E-state index in [1.165, 1.54) is 0 Å². The molecule has 0 aliphatic rings. The van der Waals surface area contributed by atoms with E-state index in [1.807, 2.05) is 50.2 Å². The van der Waals surface area contributed by atoms with Gasteiger partial charge in [-0.2, -0.15) is 0 Å². The molecule has 0 saturated heterocycles. The Balaban J connectivity index is 2.44. The maximum absolute atomic E-state index is 10.3. The fourth-order valence-corrected chi connectivity index (χ4v) is 1.83. The van der Waals surface area contributed by atoms with Gasteiger partial charge in [0.2, 0.25) is 0 Å². The average Bonchev–Trinajstić information content (AvgIpc) is 2.29. The molecule has 1 atom stereocenters. The van der Waals surface area contributed by atoms with Crippen LogP contribution in [0.4, 0.5) is 0 Å².